The minimum absolute atomic E-state index is 0.0726. The molecule has 0 bridgehead atoms. The predicted molar refractivity (Wildman–Crippen MR) is 141 cm³/mol. The van der Waals surface area contributed by atoms with Gasteiger partial charge in [0.1, 0.15) is 45.3 Å². The lowest BCUT2D eigenvalue weighted by Gasteiger charge is -2.17. The van der Waals surface area contributed by atoms with Crippen molar-refractivity contribution < 1.29 is 42.7 Å². The fourth-order valence-corrected chi connectivity index (χ4v) is 3.62. The molecule has 0 aliphatic carbocycles. The van der Waals surface area contributed by atoms with Crippen LogP contribution in [0.25, 0.3) is 0 Å². The highest BCUT2D eigenvalue weighted by atomic mass is 19.1. The van der Waals surface area contributed by atoms with Crippen molar-refractivity contribution >= 4 is 23.2 Å². The molecule has 3 heterocycles. The monoisotopic (exact) mass is 566 g/mol. The Hall–Kier alpha value is -5.47. The zero-order valence-electron chi connectivity index (χ0n) is 21.9. The van der Waals surface area contributed by atoms with Gasteiger partial charge in [0, 0.05) is 0 Å². The summed E-state index contributed by atoms with van der Waals surface area (Å²) in [5.74, 6) is -1.32. The standard InChI is InChI=1S/C26H23FN6O8/c1-34-30-21(25-32-38-13-11-36-25)16-7-3-5-9-18(16)40-23-20(27)24(29-15-28-23)41-19-10-6-4-8-17(19)22(31-35-2)26-33-39-14-12-37-26/h3-10,15H,11-14H2,1-2H3/b30-21+,31-22+. The highest BCUT2D eigenvalue weighted by Crippen LogP contribution is 2.33. The number of halogens is 1. The van der Waals surface area contributed by atoms with Crippen molar-refractivity contribution in [3.8, 4) is 23.3 Å². The van der Waals surface area contributed by atoms with Crippen LogP contribution in [-0.2, 0) is 28.8 Å². The Balaban J connectivity index is 1.46. The summed E-state index contributed by atoms with van der Waals surface area (Å²) in [5.41, 5.74) is 1.09. The van der Waals surface area contributed by atoms with Gasteiger partial charge in [-0.2, -0.15) is 14.4 Å². The van der Waals surface area contributed by atoms with E-state index in [0.717, 1.165) is 6.33 Å². The van der Waals surface area contributed by atoms with Gasteiger partial charge >= 0.3 is 0 Å². The highest BCUT2D eigenvalue weighted by Gasteiger charge is 2.26. The molecule has 3 aromatic rings. The van der Waals surface area contributed by atoms with E-state index in [-0.39, 0.29) is 61.1 Å². The van der Waals surface area contributed by atoms with Crippen molar-refractivity contribution in [3.63, 3.8) is 0 Å². The molecular formula is C26H23FN6O8. The van der Waals surface area contributed by atoms with Gasteiger partial charge in [0.05, 0.1) is 11.1 Å². The summed E-state index contributed by atoms with van der Waals surface area (Å²) in [6.45, 7) is 1.09. The molecule has 0 unspecified atom stereocenters. The fraction of sp³-hybridized carbons (Fsp3) is 0.231. The number of hydrogen-bond acceptors (Lipinski definition) is 14. The lowest BCUT2D eigenvalue weighted by atomic mass is 10.1. The van der Waals surface area contributed by atoms with E-state index in [1.807, 2.05) is 0 Å². The van der Waals surface area contributed by atoms with Gasteiger partial charge in [-0.05, 0) is 34.6 Å². The molecule has 1 aromatic heterocycles. The van der Waals surface area contributed by atoms with Crippen LogP contribution in [0.1, 0.15) is 11.1 Å². The molecule has 2 aromatic carbocycles. The minimum atomic E-state index is -0.975. The molecule has 5 rings (SSSR count). The molecule has 15 heteroatoms. The summed E-state index contributed by atoms with van der Waals surface area (Å²) in [7, 11) is 2.73. The first-order valence-electron chi connectivity index (χ1n) is 12.1. The van der Waals surface area contributed by atoms with Crippen molar-refractivity contribution in [2.45, 2.75) is 0 Å². The van der Waals surface area contributed by atoms with E-state index in [2.05, 4.69) is 30.6 Å². The third kappa shape index (κ3) is 6.24. The maximum Gasteiger partial charge on any atom is 0.280 e. The number of hydrogen-bond donors (Lipinski definition) is 0. The van der Waals surface area contributed by atoms with Gasteiger partial charge in [-0.25, -0.2) is 0 Å². The average Bonchev–Trinajstić information content (AvgIpc) is 3.02. The molecular weight excluding hydrogens is 543 g/mol. The van der Waals surface area contributed by atoms with Crippen molar-refractivity contribution in [2.75, 3.05) is 40.6 Å². The Labute approximate surface area is 232 Å². The van der Waals surface area contributed by atoms with Gasteiger partial charge in [0.2, 0.25) is 5.82 Å². The van der Waals surface area contributed by atoms with Crippen LogP contribution in [0.5, 0.6) is 23.3 Å². The summed E-state index contributed by atoms with van der Waals surface area (Å²) >= 11 is 0. The van der Waals surface area contributed by atoms with Crippen molar-refractivity contribution in [3.05, 3.63) is 71.8 Å². The molecule has 0 saturated carbocycles. The third-order valence-electron chi connectivity index (χ3n) is 5.32. The van der Waals surface area contributed by atoms with E-state index in [1.165, 1.54) is 14.2 Å². The molecule has 0 spiro atoms. The second kappa shape index (κ2) is 13.1. The maximum absolute atomic E-state index is 15.7. The summed E-state index contributed by atoms with van der Waals surface area (Å²) in [6.07, 6.45) is 1.09. The molecule has 0 atom stereocenters. The van der Waals surface area contributed by atoms with Crippen molar-refractivity contribution in [1.82, 2.24) is 9.97 Å². The maximum atomic E-state index is 15.7. The number of oxime groups is 4. The van der Waals surface area contributed by atoms with Crippen LogP contribution in [0.3, 0.4) is 0 Å². The average molecular weight is 567 g/mol. The summed E-state index contributed by atoms with van der Waals surface area (Å²) in [5, 5.41) is 15.8. The van der Waals surface area contributed by atoms with Gasteiger partial charge in [-0.3, -0.25) is 0 Å². The summed E-state index contributed by atoms with van der Waals surface area (Å²) < 4.78 is 38.5. The van der Waals surface area contributed by atoms with Crippen molar-refractivity contribution in [2.24, 2.45) is 20.6 Å². The van der Waals surface area contributed by atoms with E-state index < -0.39 is 17.6 Å². The first kappa shape index (κ1) is 27.1. The van der Waals surface area contributed by atoms with Gasteiger partial charge in [-0.15, -0.1) is 0 Å². The molecule has 14 nitrogen and oxygen atoms in total. The first-order valence-corrected chi connectivity index (χ1v) is 12.1. The number of rotatable bonds is 10. The highest BCUT2D eigenvalue weighted by molar-refractivity contribution is 6.46. The second-order valence-electron chi connectivity index (χ2n) is 7.90. The van der Waals surface area contributed by atoms with Crippen LogP contribution in [0, 0.1) is 5.82 Å². The van der Waals surface area contributed by atoms with Gasteiger partial charge in [0.15, 0.2) is 24.6 Å². The SMILES string of the molecule is CO/N=C(/C1=NOCCO1)c1ccccc1Oc1ncnc(Oc2ccccc2/C(=N\OC)C2=NOCCO2)c1F. The van der Waals surface area contributed by atoms with Crippen LogP contribution in [0.15, 0.2) is 75.5 Å². The van der Waals surface area contributed by atoms with Gasteiger partial charge in [-0.1, -0.05) is 34.6 Å². The molecule has 0 radical (unpaired) electrons. The lowest BCUT2D eigenvalue weighted by molar-refractivity contribution is 0.0672. The minimum Gasteiger partial charge on any atom is -0.470 e. The van der Waals surface area contributed by atoms with Crippen LogP contribution >= 0.6 is 0 Å². The second-order valence-corrected chi connectivity index (χ2v) is 7.90. The third-order valence-corrected chi connectivity index (χ3v) is 5.32. The normalized spacial score (nSPS) is 15.2. The van der Waals surface area contributed by atoms with E-state index in [4.69, 9.17) is 38.3 Å². The zero-order valence-corrected chi connectivity index (χ0v) is 21.9. The molecule has 41 heavy (non-hydrogen) atoms. The fourth-order valence-electron chi connectivity index (χ4n) is 3.62. The summed E-state index contributed by atoms with van der Waals surface area (Å²) in [6, 6.07) is 13.3. The topological polar surface area (TPSA) is 149 Å². The molecule has 0 saturated heterocycles. The largest absolute Gasteiger partial charge is 0.470 e. The van der Waals surface area contributed by atoms with Crippen LogP contribution in [0.2, 0.25) is 0 Å². The first-order chi connectivity index (χ1) is 20.2. The van der Waals surface area contributed by atoms with Crippen LogP contribution in [0.4, 0.5) is 4.39 Å². The van der Waals surface area contributed by atoms with E-state index in [0.29, 0.717) is 11.1 Å². The Morgan fingerprint density at radius 1 is 0.707 bits per heavy atom. The molecule has 0 fully saturated rings. The Bertz CT molecular complexity index is 1410. The zero-order chi connectivity index (χ0) is 28.4. The van der Waals surface area contributed by atoms with Crippen LogP contribution < -0.4 is 9.47 Å². The Kier molecular flexibility index (Phi) is 8.63. The molecule has 2 aliphatic rings. The van der Waals surface area contributed by atoms with E-state index >= 15 is 4.39 Å². The number of nitrogens with zero attached hydrogens (tertiary/aromatic N) is 6. The number of aromatic nitrogens is 2. The molecule has 0 amide bonds. The number of para-hydroxylation sites is 2. The Morgan fingerprint density at radius 3 is 1.59 bits per heavy atom. The number of ether oxygens (including phenoxy) is 4. The van der Waals surface area contributed by atoms with Gasteiger partial charge in [0.25, 0.3) is 23.6 Å². The van der Waals surface area contributed by atoms with Crippen molar-refractivity contribution in [1.29, 1.82) is 0 Å². The predicted octanol–water partition coefficient (Wildman–Crippen LogP) is 3.62. The number of benzene rings is 2. The smallest absolute Gasteiger partial charge is 0.280 e. The molecule has 0 N–H and O–H groups in total. The van der Waals surface area contributed by atoms with E-state index in [9.17, 15) is 0 Å². The quantitative estimate of drug-likeness (QED) is 0.263. The van der Waals surface area contributed by atoms with E-state index in [1.54, 1.807) is 48.5 Å². The lowest BCUT2D eigenvalue weighted by Crippen LogP contribution is -2.26. The Morgan fingerprint density at radius 2 is 1.17 bits per heavy atom. The molecule has 2 aliphatic heterocycles. The molecule has 212 valence electrons. The summed E-state index contributed by atoms with van der Waals surface area (Å²) in [4.78, 5) is 28.1. The van der Waals surface area contributed by atoms with Crippen LogP contribution in [-0.4, -0.2) is 73.8 Å². The van der Waals surface area contributed by atoms with Gasteiger partial charge < -0.3 is 38.3 Å².